The Kier molecular flexibility index (Phi) is 3.48. The molecule has 1 aromatic carbocycles. The maximum Gasteiger partial charge on any atom is 0.0352 e. The van der Waals surface area contributed by atoms with Crippen molar-refractivity contribution in [2.45, 2.75) is 26.2 Å². The van der Waals surface area contributed by atoms with Gasteiger partial charge in [-0.3, -0.25) is 0 Å². The van der Waals surface area contributed by atoms with E-state index in [-0.39, 0.29) is 0 Å². The van der Waals surface area contributed by atoms with Gasteiger partial charge >= 0.3 is 0 Å². The van der Waals surface area contributed by atoms with Gasteiger partial charge in [0.15, 0.2) is 0 Å². The van der Waals surface area contributed by atoms with Gasteiger partial charge in [-0.15, -0.1) is 11.3 Å². The van der Waals surface area contributed by atoms with Crippen LogP contribution in [0.5, 0.6) is 0 Å². The van der Waals surface area contributed by atoms with Crippen LogP contribution in [0, 0.1) is 0 Å². The molecule has 0 saturated carbocycles. The highest BCUT2D eigenvalue weighted by Gasteiger charge is 2.15. The van der Waals surface area contributed by atoms with E-state index < -0.39 is 0 Å². The SMILES string of the molecule is CCCc1c(C2=CCNCC2)sc2ccccc12. The summed E-state index contributed by atoms with van der Waals surface area (Å²) in [6.45, 7) is 4.41. The average Bonchev–Trinajstić information content (AvgIpc) is 2.80. The first-order valence-electron chi connectivity index (χ1n) is 6.80. The summed E-state index contributed by atoms with van der Waals surface area (Å²) < 4.78 is 1.44. The molecular formula is C16H19NS. The van der Waals surface area contributed by atoms with Crippen molar-refractivity contribution in [3.63, 3.8) is 0 Å². The monoisotopic (exact) mass is 257 g/mol. The van der Waals surface area contributed by atoms with Gasteiger partial charge in [-0.25, -0.2) is 0 Å². The molecule has 0 atom stereocenters. The Morgan fingerprint density at radius 2 is 2.17 bits per heavy atom. The summed E-state index contributed by atoms with van der Waals surface area (Å²) in [5, 5.41) is 4.87. The van der Waals surface area contributed by atoms with E-state index in [0.717, 1.165) is 13.1 Å². The standard InChI is InChI=1S/C16H19NS/c1-2-5-14-13-6-3-4-7-15(13)18-16(14)12-8-10-17-11-9-12/h3-4,6-8,17H,2,5,9-11H2,1H3. The van der Waals surface area contributed by atoms with Crippen molar-refractivity contribution in [1.82, 2.24) is 5.32 Å². The summed E-state index contributed by atoms with van der Waals surface area (Å²) in [6, 6.07) is 8.84. The minimum atomic E-state index is 1.02. The van der Waals surface area contributed by atoms with Crippen LogP contribution >= 0.6 is 11.3 Å². The van der Waals surface area contributed by atoms with E-state index in [4.69, 9.17) is 0 Å². The second-order valence-electron chi connectivity index (χ2n) is 4.84. The molecule has 2 heteroatoms. The number of aryl methyl sites for hydroxylation is 1. The van der Waals surface area contributed by atoms with Gasteiger partial charge in [-0.2, -0.15) is 0 Å². The molecule has 0 unspecified atom stereocenters. The molecule has 1 aliphatic heterocycles. The first-order chi connectivity index (χ1) is 8.90. The summed E-state index contributed by atoms with van der Waals surface area (Å²) in [5.74, 6) is 0. The lowest BCUT2D eigenvalue weighted by Crippen LogP contribution is -2.20. The fourth-order valence-corrected chi connectivity index (χ4v) is 4.00. The van der Waals surface area contributed by atoms with Crippen LogP contribution in [0.3, 0.4) is 0 Å². The van der Waals surface area contributed by atoms with Gasteiger partial charge in [-0.1, -0.05) is 37.6 Å². The van der Waals surface area contributed by atoms with Crippen LogP contribution in [-0.4, -0.2) is 13.1 Å². The van der Waals surface area contributed by atoms with Crippen molar-refractivity contribution in [2.75, 3.05) is 13.1 Å². The molecule has 1 nitrogen and oxygen atoms in total. The molecule has 0 bridgehead atoms. The summed E-state index contributed by atoms with van der Waals surface area (Å²) in [5.41, 5.74) is 3.13. The molecule has 0 radical (unpaired) electrons. The normalized spacial score (nSPS) is 15.9. The Bertz CT molecular complexity index is 580. The molecule has 0 amide bonds. The highest BCUT2D eigenvalue weighted by molar-refractivity contribution is 7.20. The van der Waals surface area contributed by atoms with Crippen LogP contribution in [0.2, 0.25) is 0 Å². The van der Waals surface area contributed by atoms with Crippen LogP contribution in [0.25, 0.3) is 15.7 Å². The van der Waals surface area contributed by atoms with E-state index in [9.17, 15) is 0 Å². The van der Waals surface area contributed by atoms with Crippen LogP contribution in [-0.2, 0) is 6.42 Å². The highest BCUT2D eigenvalue weighted by Crippen LogP contribution is 2.38. The van der Waals surface area contributed by atoms with Gasteiger partial charge in [0.25, 0.3) is 0 Å². The van der Waals surface area contributed by atoms with E-state index >= 15 is 0 Å². The number of fused-ring (bicyclic) bond motifs is 1. The molecule has 3 rings (SSSR count). The van der Waals surface area contributed by atoms with Gasteiger partial charge in [-0.05, 0) is 42.0 Å². The minimum Gasteiger partial charge on any atom is -0.313 e. The van der Waals surface area contributed by atoms with Crippen molar-refractivity contribution < 1.29 is 0 Å². The second-order valence-corrected chi connectivity index (χ2v) is 5.89. The average molecular weight is 257 g/mol. The van der Waals surface area contributed by atoms with E-state index in [2.05, 4.69) is 42.6 Å². The number of benzene rings is 1. The first-order valence-corrected chi connectivity index (χ1v) is 7.62. The molecule has 1 aromatic heterocycles. The van der Waals surface area contributed by atoms with Crippen LogP contribution in [0.15, 0.2) is 30.3 Å². The smallest absolute Gasteiger partial charge is 0.0352 e. The number of rotatable bonds is 3. The van der Waals surface area contributed by atoms with Crippen molar-refractivity contribution in [3.8, 4) is 0 Å². The third-order valence-corrected chi connectivity index (χ3v) is 4.84. The second kappa shape index (κ2) is 5.25. The fourth-order valence-electron chi connectivity index (χ4n) is 2.69. The molecule has 2 heterocycles. The van der Waals surface area contributed by atoms with Gasteiger partial charge in [0.2, 0.25) is 0 Å². The Hall–Kier alpha value is -1.12. The number of nitrogens with one attached hydrogen (secondary N) is 1. The maximum absolute atomic E-state index is 3.40. The first kappa shape index (κ1) is 11.9. The molecular weight excluding hydrogens is 238 g/mol. The molecule has 1 aliphatic rings. The van der Waals surface area contributed by atoms with Crippen molar-refractivity contribution in [2.24, 2.45) is 0 Å². The zero-order chi connectivity index (χ0) is 12.4. The van der Waals surface area contributed by atoms with E-state index in [1.165, 1.54) is 29.3 Å². The summed E-state index contributed by atoms with van der Waals surface area (Å²) >= 11 is 1.97. The predicted molar refractivity (Wildman–Crippen MR) is 81.3 cm³/mol. The van der Waals surface area contributed by atoms with Crippen molar-refractivity contribution >= 4 is 27.0 Å². The van der Waals surface area contributed by atoms with E-state index in [0.29, 0.717) is 0 Å². The molecule has 2 aromatic rings. The highest BCUT2D eigenvalue weighted by atomic mass is 32.1. The van der Waals surface area contributed by atoms with Crippen LogP contribution in [0.4, 0.5) is 0 Å². The number of hydrogen-bond donors (Lipinski definition) is 1. The Morgan fingerprint density at radius 1 is 1.28 bits per heavy atom. The van der Waals surface area contributed by atoms with Gasteiger partial charge in [0.05, 0.1) is 0 Å². The van der Waals surface area contributed by atoms with Gasteiger partial charge < -0.3 is 5.32 Å². The minimum absolute atomic E-state index is 1.02. The van der Waals surface area contributed by atoms with Crippen molar-refractivity contribution in [1.29, 1.82) is 0 Å². The Morgan fingerprint density at radius 3 is 2.94 bits per heavy atom. The number of thiophene rings is 1. The lowest BCUT2D eigenvalue weighted by molar-refractivity contribution is 0.739. The zero-order valence-corrected chi connectivity index (χ0v) is 11.6. The molecule has 0 fully saturated rings. The molecule has 0 spiro atoms. The Balaban J connectivity index is 2.14. The topological polar surface area (TPSA) is 12.0 Å². The zero-order valence-electron chi connectivity index (χ0n) is 10.8. The Labute approximate surface area is 113 Å². The summed E-state index contributed by atoms with van der Waals surface area (Å²) in [4.78, 5) is 1.54. The van der Waals surface area contributed by atoms with Gasteiger partial charge in [0, 0.05) is 16.1 Å². The largest absolute Gasteiger partial charge is 0.313 e. The predicted octanol–water partition coefficient (Wildman–Crippen LogP) is 4.23. The molecule has 94 valence electrons. The molecule has 1 N–H and O–H groups in total. The van der Waals surface area contributed by atoms with E-state index in [1.54, 1.807) is 16.0 Å². The lowest BCUT2D eigenvalue weighted by atomic mass is 9.99. The van der Waals surface area contributed by atoms with Crippen molar-refractivity contribution in [3.05, 3.63) is 40.8 Å². The lowest BCUT2D eigenvalue weighted by Gasteiger charge is -2.14. The van der Waals surface area contributed by atoms with Crippen LogP contribution < -0.4 is 5.32 Å². The summed E-state index contributed by atoms with van der Waals surface area (Å²) in [7, 11) is 0. The molecule has 0 aliphatic carbocycles. The van der Waals surface area contributed by atoms with Crippen LogP contribution in [0.1, 0.15) is 30.2 Å². The third kappa shape index (κ3) is 2.11. The maximum atomic E-state index is 3.40. The fraction of sp³-hybridized carbons (Fsp3) is 0.375. The van der Waals surface area contributed by atoms with E-state index in [1.807, 2.05) is 11.3 Å². The number of hydrogen-bond acceptors (Lipinski definition) is 2. The van der Waals surface area contributed by atoms with Gasteiger partial charge in [0.1, 0.15) is 0 Å². The molecule has 0 saturated heterocycles. The summed E-state index contributed by atoms with van der Waals surface area (Å²) in [6.07, 6.45) is 5.96. The molecule has 18 heavy (non-hydrogen) atoms. The third-order valence-electron chi connectivity index (χ3n) is 3.55. The quantitative estimate of drug-likeness (QED) is 0.867.